The van der Waals surface area contributed by atoms with Crippen LogP contribution in [0.25, 0.3) is 0 Å². The summed E-state index contributed by atoms with van der Waals surface area (Å²) in [4.78, 5) is 5.87. The van der Waals surface area contributed by atoms with E-state index in [2.05, 4.69) is 36.2 Å². The molecule has 0 radical (unpaired) electrons. The molecule has 2 heterocycles. The summed E-state index contributed by atoms with van der Waals surface area (Å²) in [5, 5.41) is 8.93. The Bertz CT molecular complexity index is 456. The van der Waals surface area contributed by atoms with Crippen molar-refractivity contribution in [2.75, 3.05) is 6.54 Å². The molecule has 18 heavy (non-hydrogen) atoms. The quantitative estimate of drug-likeness (QED) is 0.869. The summed E-state index contributed by atoms with van der Waals surface area (Å²) in [6.45, 7) is 8.26. The second-order valence-corrected chi connectivity index (χ2v) is 5.87. The molecular formula is C13H20N4S. The van der Waals surface area contributed by atoms with Gasteiger partial charge in [-0.1, -0.05) is 0 Å². The molecule has 2 aromatic rings. The van der Waals surface area contributed by atoms with Gasteiger partial charge in [-0.25, -0.2) is 4.98 Å². The number of rotatable bonds is 6. The van der Waals surface area contributed by atoms with Crippen LogP contribution in [-0.4, -0.2) is 27.4 Å². The summed E-state index contributed by atoms with van der Waals surface area (Å²) in [6.07, 6.45) is 4.81. The lowest BCUT2D eigenvalue weighted by molar-refractivity contribution is 0.454. The Morgan fingerprint density at radius 1 is 1.44 bits per heavy atom. The van der Waals surface area contributed by atoms with Gasteiger partial charge in [-0.2, -0.15) is 5.10 Å². The third kappa shape index (κ3) is 3.65. The first-order chi connectivity index (χ1) is 8.65. The van der Waals surface area contributed by atoms with Crippen molar-refractivity contribution in [2.24, 2.45) is 0 Å². The number of aryl methyl sites for hydroxylation is 2. The van der Waals surface area contributed by atoms with Crippen LogP contribution in [-0.2, 0) is 13.0 Å². The zero-order valence-electron chi connectivity index (χ0n) is 11.2. The Morgan fingerprint density at radius 3 is 2.89 bits per heavy atom. The topological polar surface area (TPSA) is 42.7 Å². The minimum atomic E-state index is 0.423. The minimum absolute atomic E-state index is 0.423. The standard InChI is InChI=1S/C13H20N4S/c1-10(9-17-8-4-6-15-17)14-7-5-13-16-11(2)12(3)18-13/h4,6,8,10,14H,5,7,9H2,1-3H3/t10-/m0/s1. The first-order valence-electron chi connectivity index (χ1n) is 6.29. The van der Waals surface area contributed by atoms with Crippen LogP contribution in [0.15, 0.2) is 18.5 Å². The van der Waals surface area contributed by atoms with Gasteiger partial charge in [-0.3, -0.25) is 4.68 Å². The molecule has 1 atom stereocenters. The monoisotopic (exact) mass is 264 g/mol. The van der Waals surface area contributed by atoms with Gasteiger partial charge in [0.2, 0.25) is 0 Å². The molecule has 0 spiro atoms. The molecule has 0 aliphatic heterocycles. The smallest absolute Gasteiger partial charge is 0.0943 e. The predicted octanol–water partition coefficient (Wildman–Crippen LogP) is 2.18. The lowest BCUT2D eigenvalue weighted by Gasteiger charge is -2.13. The number of hydrogen-bond acceptors (Lipinski definition) is 4. The molecule has 2 rings (SSSR count). The maximum atomic E-state index is 4.54. The van der Waals surface area contributed by atoms with Gasteiger partial charge in [0.1, 0.15) is 0 Å². The Morgan fingerprint density at radius 2 is 2.28 bits per heavy atom. The van der Waals surface area contributed by atoms with Crippen molar-refractivity contribution < 1.29 is 0 Å². The molecule has 4 nitrogen and oxygen atoms in total. The third-order valence-electron chi connectivity index (χ3n) is 2.92. The van der Waals surface area contributed by atoms with Crippen LogP contribution < -0.4 is 5.32 Å². The number of hydrogen-bond donors (Lipinski definition) is 1. The van der Waals surface area contributed by atoms with Crippen molar-refractivity contribution in [2.45, 2.75) is 39.8 Å². The molecule has 1 N–H and O–H groups in total. The fourth-order valence-electron chi connectivity index (χ4n) is 1.83. The van der Waals surface area contributed by atoms with E-state index in [-0.39, 0.29) is 0 Å². The van der Waals surface area contributed by atoms with Crippen molar-refractivity contribution in [1.82, 2.24) is 20.1 Å². The summed E-state index contributed by atoms with van der Waals surface area (Å²) < 4.78 is 1.95. The minimum Gasteiger partial charge on any atom is -0.312 e. The SMILES string of the molecule is Cc1nc(CCN[C@@H](C)Cn2cccn2)sc1C. The lowest BCUT2D eigenvalue weighted by Crippen LogP contribution is -2.32. The molecule has 98 valence electrons. The molecule has 5 heteroatoms. The highest BCUT2D eigenvalue weighted by Crippen LogP contribution is 2.16. The summed E-state index contributed by atoms with van der Waals surface area (Å²) in [5.74, 6) is 0. The molecule has 0 aliphatic carbocycles. The van der Waals surface area contributed by atoms with Gasteiger partial charge in [-0.15, -0.1) is 11.3 Å². The summed E-state index contributed by atoms with van der Waals surface area (Å²) in [5.41, 5.74) is 1.17. The van der Waals surface area contributed by atoms with E-state index in [1.807, 2.05) is 23.1 Å². The summed E-state index contributed by atoms with van der Waals surface area (Å²) in [6, 6.07) is 2.38. The van der Waals surface area contributed by atoms with Gasteiger partial charge >= 0.3 is 0 Å². The average molecular weight is 264 g/mol. The van der Waals surface area contributed by atoms with Crippen LogP contribution in [0.2, 0.25) is 0 Å². The number of nitrogens with zero attached hydrogens (tertiary/aromatic N) is 3. The van der Waals surface area contributed by atoms with Crippen molar-refractivity contribution in [3.8, 4) is 0 Å². The van der Waals surface area contributed by atoms with Crippen molar-refractivity contribution in [3.05, 3.63) is 34.0 Å². The van der Waals surface area contributed by atoms with Crippen molar-refractivity contribution >= 4 is 11.3 Å². The first-order valence-corrected chi connectivity index (χ1v) is 7.10. The van der Waals surface area contributed by atoms with Gasteiger partial charge < -0.3 is 5.32 Å². The van der Waals surface area contributed by atoms with E-state index in [0.29, 0.717) is 6.04 Å². The Kier molecular flexibility index (Phi) is 4.49. The largest absolute Gasteiger partial charge is 0.312 e. The molecular weight excluding hydrogens is 244 g/mol. The number of thiazole rings is 1. The van der Waals surface area contributed by atoms with Crippen LogP contribution in [0.1, 0.15) is 22.5 Å². The van der Waals surface area contributed by atoms with Gasteiger partial charge in [0.25, 0.3) is 0 Å². The highest BCUT2D eigenvalue weighted by molar-refractivity contribution is 7.11. The number of nitrogens with one attached hydrogen (secondary N) is 1. The van der Waals surface area contributed by atoms with Crippen LogP contribution in [0.5, 0.6) is 0 Å². The maximum Gasteiger partial charge on any atom is 0.0943 e. The van der Waals surface area contributed by atoms with Crippen molar-refractivity contribution in [3.63, 3.8) is 0 Å². The Hall–Kier alpha value is -1.20. The molecule has 0 aromatic carbocycles. The second-order valence-electron chi connectivity index (χ2n) is 4.58. The maximum absolute atomic E-state index is 4.54. The highest BCUT2D eigenvalue weighted by Gasteiger charge is 2.05. The molecule has 0 saturated carbocycles. The molecule has 2 aromatic heterocycles. The highest BCUT2D eigenvalue weighted by atomic mass is 32.1. The zero-order chi connectivity index (χ0) is 13.0. The van der Waals surface area contributed by atoms with Gasteiger partial charge in [0.05, 0.1) is 17.2 Å². The molecule has 0 unspecified atom stereocenters. The van der Waals surface area contributed by atoms with E-state index in [1.165, 1.54) is 15.6 Å². The fraction of sp³-hybridized carbons (Fsp3) is 0.538. The van der Waals surface area contributed by atoms with E-state index in [0.717, 1.165) is 19.5 Å². The summed E-state index contributed by atoms with van der Waals surface area (Å²) >= 11 is 1.80. The van der Waals surface area contributed by atoms with Crippen LogP contribution in [0.3, 0.4) is 0 Å². The number of aromatic nitrogens is 3. The van der Waals surface area contributed by atoms with E-state index in [1.54, 1.807) is 11.3 Å². The fourth-order valence-corrected chi connectivity index (χ4v) is 2.76. The van der Waals surface area contributed by atoms with E-state index < -0.39 is 0 Å². The van der Waals surface area contributed by atoms with Crippen molar-refractivity contribution in [1.29, 1.82) is 0 Å². The van der Waals surface area contributed by atoms with E-state index in [4.69, 9.17) is 0 Å². The average Bonchev–Trinajstić information content (AvgIpc) is 2.90. The van der Waals surface area contributed by atoms with E-state index in [9.17, 15) is 0 Å². The second kappa shape index (κ2) is 6.11. The molecule has 0 bridgehead atoms. The molecule has 0 saturated heterocycles. The van der Waals surface area contributed by atoms with Crippen LogP contribution in [0, 0.1) is 13.8 Å². The lowest BCUT2D eigenvalue weighted by atomic mass is 10.3. The normalized spacial score (nSPS) is 12.8. The first kappa shape index (κ1) is 13.2. The summed E-state index contributed by atoms with van der Waals surface area (Å²) in [7, 11) is 0. The Balaban J connectivity index is 1.71. The van der Waals surface area contributed by atoms with Crippen LogP contribution >= 0.6 is 11.3 Å². The third-order valence-corrected chi connectivity index (χ3v) is 4.06. The zero-order valence-corrected chi connectivity index (χ0v) is 12.0. The van der Waals surface area contributed by atoms with E-state index >= 15 is 0 Å². The Labute approximate surface area is 112 Å². The van der Waals surface area contributed by atoms with Gasteiger partial charge in [0.15, 0.2) is 0 Å². The van der Waals surface area contributed by atoms with Gasteiger partial charge in [0, 0.05) is 36.3 Å². The predicted molar refractivity (Wildman–Crippen MR) is 75.0 cm³/mol. The molecule has 0 fully saturated rings. The molecule has 0 amide bonds. The van der Waals surface area contributed by atoms with Crippen LogP contribution in [0.4, 0.5) is 0 Å². The van der Waals surface area contributed by atoms with Gasteiger partial charge in [-0.05, 0) is 26.8 Å². The molecule has 0 aliphatic rings.